The third kappa shape index (κ3) is 4.06. The molecule has 0 spiro atoms. The second-order valence-corrected chi connectivity index (χ2v) is 6.59. The zero-order chi connectivity index (χ0) is 14.5. The van der Waals surface area contributed by atoms with E-state index in [2.05, 4.69) is 52.5 Å². The molecule has 1 saturated carbocycles. The van der Waals surface area contributed by atoms with Crippen LogP contribution in [-0.2, 0) is 6.54 Å². The average molecular weight is 287 g/mol. The standard InChI is InChI=1S/C18H29N3/c1-19-17-7-9-18(10-8-17)21-13-11-20(12-14-21)15-16-5-3-2-4-6-16/h2-6,17-19H,7-15H2,1H3/t17-,18-. The number of nitrogens with zero attached hydrogens (tertiary/aromatic N) is 2. The van der Waals surface area contributed by atoms with E-state index in [4.69, 9.17) is 0 Å². The first-order valence-corrected chi connectivity index (χ1v) is 8.53. The van der Waals surface area contributed by atoms with Gasteiger partial charge in [0.25, 0.3) is 0 Å². The summed E-state index contributed by atoms with van der Waals surface area (Å²) < 4.78 is 0. The lowest BCUT2D eigenvalue weighted by Crippen LogP contribution is -2.51. The third-order valence-electron chi connectivity index (χ3n) is 5.28. The van der Waals surface area contributed by atoms with Gasteiger partial charge >= 0.3 is 0 Å². The number of rotatable bonds is 4. The summed E-state index contributed by atoms with van der Waals surface area (Å²) in [6.07, 6.45) is 5.46. The summed E-state index contributed by atoms with van der Waals surface area (Å²) in [5.74, 6) is 0. The molecule has 1 saturated heterocycles. The van der Waals surface area contributed by atoms with Crippen LogP contribution >= 0.6 is 0 Å². The molecule has 3 rings (SSSR count). The van der Waals surface area contributed by atoms with Crippen LogP contribution in [0.3, 0.4) is 0 Å². The van der Waals surface area contributed by atoms with Gasteiger partial charge in [-0.3, -0.25) is 9.80 Å². The first-order valence-electron chi connectivity index (χ1n) is 8.53. The molecule has 3 heteroatoms. The lowest BCUT2D eigenvalue weighted by molar-refractivity contribution is 0.0713. The Bertz CT molecular complexity index is 404. The normalized spacial score (nSPS) is 28.6. The first-order chi connectivity index (χ1) is 10.3. The number of piperazine rings is 1. The molecule has 0 aromatic heterocycles. The summed E-state index contributed by atoms with van der Waals surface area (Å²) in [5, 5.41) is 3.43. The molecule has 1 aromatic rings. The Labute approximate surface area is 129 Å². The smallest absolute Gasteiger partial charge is 0.0234 e. The van der Waals surface area contributed by atoms with E-state index in [1.54, 1.807) is 0 Å². The van der Waals surface area contributed by atoms with E-state index in [9.17, 15) is 0 Å². The fraction of sp³-hybridized carbons (Fsp3) is 0.667. The Hall–Kier alpha value is -0.900. The third-order valence-corrected chi connectivity index (χ3v) is 5.28. The zero-order valence-corrected chi connectivity index (χ0v) is 13.3. The van der Waals surface area contributed by atoms with Gasteiger partial charge in [-0.1, -0.05) is 30.3 Å². The van der Waals surface area contributed by atoms with E-state index >= 15 is 0 Å². The van der Waals surface area contributed by atoms with E-state index in [1.807, 2.05) is 0 Å². The minimum Gasteiger partial charge on any atom is -0.317 e. The van der Waals surface area contributed by atoms with Gasteiger partial charge in [0, 0.05) is 44.8 Å². The molecule has 0 radical (unpaired) electrons. The molecule has 3 nitrogen and oxygen atoms in total. The quantitative estimate of drug-likeness (QED) is 0.917. The number of nitrogens with one attached hydrogen (secondary N) is 1. The van der Waals surface area contributed by atoms with Crippen molar-refractivity contribution in [1.82, 2.24) is 15.1 Å². The predicted octanol–water partition coefficient (Wildman–Crippen LogP) is 2.33. The second kappa shape index (κ2) is 7.39. The van der Waals surface area contributed by atoms with Gasteiger partial charge < -0.3 is 5.32 Å². The van der Waals surface area contributed by atoms with Gasteiger partial charge in [-0.25, -0.2) is 0 Å². The molecule has 2 aliphatic rings. The summed E-state index contributed by atoms with van der Waals surface area (Å²) in [7, 11) is 2.10. The van der Waals surface area contributed by atoms with Gasteiger partial charge in [-0.05, 0) is 38.3 Å². The Morgan fingerprint density at radius 3 is 2.24 bits per heavy atom. The zero-order valence-electron chi connectivity index (χ0n) is 13.3. The monoisotopic (exact) mass is 287 g/mol. The van der Waals surface area contributed by atoms with Crippen molar-refractivity contribution >= 4 is 0 Å². The molecule has 1 aromatic carbocycles. The molecule has 1 aliphatic heterocycles. The van der Waals surface area contributed by atoms with Gasteiger partial charge in [-0.2, -0.15) is 0 Å². The molecule has 116 valence electrons. The lowest BCUT2D eigenvalue weighted by Gasteiger charge is -2.42. The average Bonchev–Trinajstić information content (AvgIpc) is 2.57. The van der Waals surface area contributed by atoms with Crippen molar-refractivity contribution in [2.45, 2.75) is 44.3 Å². The van der Waals surface area contributed by atoms with E-state index in [-0.39, 0.29) is 0 Å². The molecule has 1 N–H and O–H groups in total. The first kappa shape index (κ1) is 15.0. The fourth-order valence-electron chi connectivity index (χ4n) is 3.86. The second-order valence-electron chi connectivity index (χ2n) is 6.59. The van der Waals surface area contributed by atoms with Crippen LogP contribution in [0.5, 0.6) is 0 Å². The van der Waals surface area contributed by atoms with Gasteiger partial charge in [0.1, 0.15) is 0 Å². The topological polar surface area (TPSA) is 18.5 Å². The van der Waals surface area contributed by atoms with Crippen LogP contribution < -0.4 is 5.32 Å². The van der Waals surface area contributed by atoms with Crippen LogP contribution in [0.1, 0.15) is 31.2 Å². The van der Waals surface area contributed by atoms with Crippen molar-refractivity contribution in [2.75, 3.05) is 33.2 Å². The Kier molecular flexibility index (Phi) is 5.28. The van der Waals surface area contributed by atoms with Crippen LogP contribution in [-0.4, -0.2) is 55.1 Å². The van der Waals surface area contributed by atoms with Gasteiger partial charge in [-0.15, -0.1) is 0 Å². The highest BCUT2D eigenvalue weighted by Crippen LogP contribution is 2.24. The summed E-state index contributed by atoms with van der Waals surface area (Å²) in [4.78, 5) is 5.35. The molecular formula is C18H29N3. The SMILES string of the molecule is CN[C@H]1CC[C@H](N2CCN(Cc3ccccc3)CC2)CC1. The Morgan fingerprint density at radius 2 is 1.62 bits per heavy atom. The maximum Gasteiger partial charge on any atom is 0.0234 e. The van der Waals surface area contributed by atoms with Crippen molar-refractivity contribution in [2.24, 2.45) is 0 Å². The largest absolute Gasteiger partial charge is 0.317 e. The molecule has 0 bridgehead atoms. The van der Waals surface area contributed by atoms with Crippen molar-refractivity contribution in [3.63, 3.8) is 0 Å². The van der Waals surface area contributed by atoms with Gasteiger partial charge in [0.2, 0.25) is 0 Å². The minimum atomic E-state index is 0.764. The molecule has 0 unspecified atom stereocenters. The molecule has 1 heterocycles. The van der Waals surface area contributed by atoms with Crippen molar-refractivity contribution in [1.29, 1.82) is 0 Å². The maximum atomic E-state index is 3.43. The lowest BCUT2D eigenvalue weighted by atomic mass is 9.90. The molecular weight excluding hydrogens is 258 g/mol. The highest BCUT2D eigenvalue weighted by Gasteiger charge is 2.27. The summed E-state index contributed by atoms with van der Waals surface area (Å²) in [6, 6.07) is 12.5. The van der Waals surface area contributed by atoms with E-state index < -0.39 is 0 Å². The molecule has 1 aliphatic carbocycles. The van der Waals surface area contributed by atoms with E-state index in [0.717, 1.165) is 18.6 Å². The summed E-state index contributed by atoms with van der Waals surface area (Å²) >= 11 is 0. The van der Waals surface area contributed by atoms with Crippen molar-refractivity contribution in [3.05, 3.63) is 35.9 Å². The number of benzene rings is 1. The van der Waals surface area contributed by atoms with Crippen LogP contribution in [0.25, 0.3) is 0 Å². The Morgan fingerprint density at radius 1 is 0.952 bits per heavy atom. The minimum absolute atomic E-state index is 0.764. The Balaban J connectivity index is 1.43. The van der Waals surface area contributed by atoms with E-state index in [0.29, 0.717) is 0 Å². The van der Waals surface area contributed by atoms with Crippen LogP contribution in [0.2, 0.25) is 0 Å². The summed E-state index contributed by atoms with van der Waals surface area (Å²) in [6.45, 7) is 6.06. The highest BCUT2D eigenvalue weighted by molar-refractivity contribution is 5.14. The predicted molar refractivity (Wildman–Crippen MR) is 88.4 cm³/mol. The van der Waals surface area contributed by atoms with Crippen LogP contribution in [0.4, 0.5) is 0 Å². The van der Waals surface area contributed by atoms with Crippen molar-refractivity contribution in [3.8, 4) is 0 Å². The van der Waals surface area contributed by atoms with Crippen molar-refractivity contribution < 1.29 is 0 Å². The molecule has 0 amide bonds. The fourth-order valence-corrected chi connectivity index (χ4v) is 3.86. The van der Waals surface area contributed by atoms with Gasteiger partial charge in [0.15, 0.2) is 0 Å². The van der Waals surface area contributed by atoms with Crippen LogP contribution in [0, 0.1) is 0 Å². The molecule has 21 heavy (non-hydrogen) atoms. The van der Waals surface area contributed by atoms with Gasteiger partial charge in [0.05, 0.1) is 0 Å². The molecule has 0 atom stereocenters. The van der Waals surface area contributed by atoms with E-state index in [1.165, 1.54) is 57.4 Å². The van der Waals surface area contributed by atoms with Crippen LogP contribution in [0.15, 0.2) is 30.3 Å². The number of hydrogen-bond acceptors (Lipinski definition) is 3. The number of hydrogen-bond donors (Lipinski definition) is 1. The highest BCUT2D eigenvalue weighted by atomic mass is 15.3. The summed E-state index contributed by atoms with van der Waals surface area (Å²) in [5.41, 5.74) is 1.44. The molecule has 2 fully saturated rings. The maximum absolute atomic E-state index is 3.43.